The van der Waals surface area contributed by atoms with Gasteiger partial charge in [0.15, 0.2) is 11.5 Å². The van der Waals surface area contributed by atoms with Crippen molar-refractivity contribution in [1.82, 2.24) is 0 Å². The van der Waals surface area contributed by atoms with Crippen molar-refractivity contribution in [3.05, 3.63) is 55.5 Å². The zero-order chi connectivity index (χ0) is 20.7. The number of esters is 1. The first-order valence-electron chi connectivity index (χ1n) is 7.05. The summed E-state index contributed by atoms with van der Waals surface area (Å²) in [6.45, 7) is 0. The van der Waals surface area contributed by atoms with Crippen LogP contribution in [-0.4, -0.2) is 38.4 Å². The number of ether oxygens (including phenoxy) is 3. The number of methoxy groups -OCH3 is 3. The fourth-order valence-corrected chi connectivity index (χ4v) is 2.88. The molecule has 0 aromatic heterocycles. The minimum atomic E-state index is -1.16. The number of carbonyl (C=O) groups is 2. The van der Waals surface area contributed by atoms with Crippen LogP contribution >= 0.6 is 46.4 Å². The van der Waals surface area contributed by atoms with Crippen LogP contribution in [0.3, 0.4) is 0 Å². The lowest BCUT2D eigenvalue weighted by molar-refractivity contribution is 0.0596. The summed E-state index contributed by atoms with van der Waals surface area (Å²) in [6.07, 6.45) is 0. The highest BCUT2D eigenvalue weighted by Gasteiger charge is 2.20. The highest BCUT2D eigenvalue weighted by Crippen LogP contribution is 2.34. The van der Waals surface area contributed by atoms with Gasteiger partial charge in [-0.3, -0.25) is 0 Å². The number of rotatable bonds is 4. The maximum atomic E-state index is 11.3. The molecule has 27 heavy (non-hydrogen) atoms. The highest BCUT2D eigenvalue weighted by atomic mass is 35.5. The van der Waals surface area contributed by atoms with E-state index in [4.69, 9.17) is 61.0 Å². The molecule has 2 aromatic rings. The van der Waals surface area contributed by atoms with Crippen LogP contribution < -0.4 is 9.47 Å². The molecule has 0 bridgehead atoms. The smallest absolute Gasteiger partial charge is 0.343 e. The van der Waals surface area contributed by atoms with Gasteiger partial charge in [-0.25, -0.2) is 9.59 Å². The second-order valence-electron chi connectivity index (χ2n) is 4.67. The van der Waals surface area contributed by atoms with E-state index in [1.807, 2.05) is 0 Å². The van der Waals surface area contributed by atoms with E-state index >= 15 is 0 Å². The molecular formula is C17H14Cl4O6. The molecule has 2 rings (SSSR count). The van der Waals surface area contributed by atoms with Crippen molar-refractivity contribution in [2.45, 2.75) is 0 Å². The minimum absolute atomic E-state index is 0.0849. The van der Waals surface area contributed by atoms with Gasteiger partial charge >= 0.3 is 11.9 Å². The van der Waals surface area contributed by atoms with Crippen molar-refractivity contribution in [2.24, 2.45) is 0 Å². The first-order valence-corrected chi connectivity index (χ1v) is 8.56. The summed E-state index contributed by atoms with van der Waals surface area (Å²) in [5.74, 6) is -1.42. The van der Waals surface area contributed by atoms with Crippen LogP contribution in [-0.2, 0) is 4.74 Å². The molecular weight excluding hydrogens is 442 g/mol. The highest BCUT2D eigenvalue weighted by molar-refractivity contribution is 6.37. The summed E-state index contributed by atoms with van der Waals surface area (Å²) in [4.78, 5) is 22.1. The summed E-state index contributed by atoms with van der Waals surface area (Å²) >= 11 is 23.0. The predicted molar refractivity (Wildman–Crippen MR) is 104 cm³/mol. The molecule has 1 N–H and O–H groups in total. The maximum Gasteiger partial charge on any atom is 0.343 e. The van der Waals surface area contributed by atoms with Gasteiger partial charge in [-0.2, -0.15) is 0 Å². The quantitative estimate of drug-likeness (QED) is 0.614. The number of carbonyl (C=O) groups excluding carboxylic acids is 1. The van der Waals surface area contributed by atoms with Crippen molar-refractivity contribution in [3.63, 3.8) is 0 Å². The average molecular weight is 456 g/mol. The van der Waals surface area contributed by atoms with Crippen molar-refractivity contribution in [2.75, 3.05) is 21.3 Å². The first-order chi connectivity index (χ1) is 12.7. The van der Waals surface area contributed by atoms with E-state index in [1.54, 1.807) is 6.07 Å². The standard InChI is InChI=1S/C9H8Cl2O3.C8H6Cl2O3/c1-13-8-6(11)4-3-5(10)7(8)9(12)14-2;1-13-7-5(10)3-2-4(9)6(7)8(11)12/h3-4H,1-2H3;2-3H,1H3,(H,11,12). The first kappa shape index (κ1) is 23.2. The number of carboxylic acid groups (broad SMARTS) is 1. The lowest BCUT2D eigenvalue weighted by atomic mass is 10.2. The van der Waals surface area contributed by atoms with Gasteiger partial charge in [0, 0.05) is 0 Å². The van der Waals surface area contributed by atoms with Gasteiger partial charge in [-0.05, 0) is 24.3 Å². The Morgan fingerprint density at radius 3 is 1.44 bits per heavy atom. The summed E-state index contributed by atoms with van der Waals surface area (Å²) in [6, 6.07) is 5.96. The van der Waals surface area contributed by atoms with Crippen LogP contribution in [0.1, 0.15) is 20.7 Å². The van der Waals surface area contributed by atoms with Gasteiger partial charge in [0.05, 0.1) is 41.4 Å². The summed E-state index contributed by atoms with van der Waals surface area (Å²) in [5.41, 5.74) is 0.0285. The van der Waals surface area contributed by atoms with Crippen LogP contribution in [0.15, 0.2) is 24.3 Å². The summed E-state index contributed by atoms with van der Waals surface area (Å²) in [5, 5.41) is 9.68. The van der Waals surface area contributed by atoms with Gasteiger partial charge < -0.3 is 19.3 Å². The second-order valence-corrected chi connectivity index (χ2v) is 6.30. The van der Waals surface area contributed by atoms with Gasteiger partial charge in [0.25, 0.3) is 0 Å². The van der Waals surface area contributed by atoms with Crippen LogP contribution in [0.2, 0.25) is 20.1 Å². The lowest BCUT2D eigenvalue weighted by Crippen LogP contribution is -2.05. The van der Waals surface area contributed by atoms with E-state index in [1.165, 1.54) is 39.5 Å². The number of hydrogen-bond acceptors (Lipinski definition) is 5. The van der Waals surface area contributed by atoms with Crippen LogP contribution in [0.25, 0.3) is 0 Å². The van der Waals surface area contributed by atoms with Crippen LogP contribution in [0, 0.1) is 0 Å². The Balaban J connectivity index is 0.000000271. The number of halogens is 4. The van der Waals surface area contributed by atoms with Gasteiger partial charge in [0.1, 0.15) is 11.1 Å². The number of carboxylic acids is 1. The van der Waals surface area contributed by atoms with Gasteiger partial charge in [0.2, 0.25) is 0 Å². The third-order valence-corrected chi connectivity index (χ3v) is 4.35. The minimum Gasteiger partial charge on any atom is -0.494 e. The Labute approximate surface area is 175 Å². The molecule has 0 aliphatic rings. The summed E-state index contributed by atoms with van der Waals surface area (Å²) < 4.78 is 14.3. The molecule has 0 aliphatic heterocycles. The Hall–Kier alpha value is -1.86. The SMILES string of the molecule is COC(=O)c1c(Cl)ccc(Cl)c1OC.COc1c(Cl)ccc(Cl)c1C(=O)O. The zero-order valence-corrected chi connectivity index (χ0v) is 17.3. The molecule has 0 heterocycles. The van der Waals surface area contributed by atoms with E-state index in [0.717, 1.165) is 0 Å². The van der Waals surface area contributed by atoms with E-state index in [2.05, 4.69) is 4.74 Å². The normalized spacial score (nSPS) is 9.74. The van der Waals surface area contributed by atoms with E-state index in [0.29, 0.717) is 5.02 Å². The maximum absolute atomic E-state index is 11.3. The molecule has 0 saturated carbocycles. The van der Waals surface area contributed by atoms with Crippen LogP contribution in [0.5, 0.6) is 11.5 Å². The fraction of sp³-hybridized carbons (Fsp3) is 0.176. The molecule has 0 spiro atoms. The molecule has 0 amide bonds. The molecule has 0 radical (unpaired) electrons. The number of aromatic carboxylic acids is 1. The van der Waals surface area contributed by atoms with Gasteiger partial charge in [-0.1, -0.05) is 46.4 Å². The molecule has 6 nitrogen and oxygen atoms in total. The third kappa shape index (κ3) is 5.56. The van der Waals surface area contributed by atoms with Crippen molar-refractivity contribution in [3.8, 4) is 11.5 Å². The number of hydrogen-bond donors (Lipinski definition) is 1. The number of benzene rings is 2. The molecule has 0 saturated heterocycles. The van der Waals surface area contributed by atoms with E-state index in [9.17, 15) is 9.59 Å². The average Bonchev–Trinajstić information content (AvgIpc) is 2.64. The van der Waals surface area contributed by atoms with E-state index in [-0.39, 0.29) is 37.7 Å². The Bertz CT molecular complexity index is 854. The predicted octanol–water partition coefficient (Wildman–Crippen LogP) is 5.49. The Morgan fingerprint density at radius 1 is 0.741 bits per heavy atom. The second kappa shape index (κ2) is 10.5. The van der Waals surface area contributed by atoms with Crippen LogP contribution in [0.4, 0.5) is 0 Å². The fourth-order valence-electron chi connectivity index (χ4n) is 1.96. The molecule has 2 aromatic carbocycles. The Morgan fingerprint density at radius 2 is 1.11 bits per heavy atom. The monoisotopic (exact) mass is 454 g/mol. The molecule has 146 valence electrons. The van der Waals surface area contributed by atoms with Crippen molar-refractivity contribution >= 4 is 58.3 Å². The molecule has 10 heteroatoms. The van der Waals surface area contributed by atoms with Crippen molar-refractivity contribution < 1.29 is 28.9 Å². The molecule has 0 atom stereocenters. The van der Waals surface area contributed by atoms with Gasteiger partial charge in [-0.15, -0.1) is 0 Å². The summed E-state index contributed by atoms with van der Waals surface area (Å²) in [7, 11) is 4.01. The van der Waals surface area contributed by atoms with Crippen molar-refractivity contribution in [1.29, 1.82) is 0 Å². The molecule has 0 unspecified atom stereocenters. The Kier molecular flexibility index (Phi) is 8.99. The van der Waals surface area contributed by atoms with E-state index < -0.39 is 11.9 Å². The molecule has 0 aliphatic carbocycles. The lowest BCUT2D eigenvalue weighted by Gasteiger charge is -2.09. The molecule has 0 fully saturated rings. The topological polar surface area (TPSA) is 82.1 Å². The largest absolute Gasteiger partial charge is 0.494 e. The zero-order valence-electron chi connectivity index (χ0n) is 14.3. The third-order valence-electron chi connectivity index (χ3n) is 3.13.